The van der Waals surface area contributed by atoms with Crippen molar-refractivity contribution in [3.05, 3.63) is 54.3 Å². The van der Waals surface area contributed by atoms with Crippen molar-refractivity contribution < 1.29 is 18.4 Å². The second-order valence-corrected chi connectivity index (χ2v) is 9.12. The van der Waals surface area contributed by atoms with Crippen LogP contribution < -0.4 is 10.2 Å². The molecule has 0 bridgehead atoms. The molecule has 0 radical (unpaired) electrons. The number of nitrogens with zero attached hydrogens (tertiary/aromatic N) is 3. The van der Waals surface area contributed by atoms with Gasteiger partial charge in [0.15, 0.2) is 0 Å². The van der Waals surface area contributed by atoms with Crippen molar-refractivity contribution in [3.63, 3.8) is 0 Å². The van der Waals surface area contributed by atoms with Gasteiger partial charge in [-0.15, -0.1) is 16.9 Å². The minimum Gasteiger partial charge on any atom is -0.403 e. The average Bonchev–Trinajstić information content (AvgIpc) is 3.36. The fourth-order valence-electron chi connectivity index (χ4n) is 3.30. The van der Waals surface area contributed by atoms with Crippen LogP contribution in [-0.4, -0.2) is 33.8 Å². The summed E-state index contributed by atoms with van der Waals surface area (Å²) >= 11 is 1.76. The smallest absolute Gasteiger partial charge is 0.322 e. The molecule has 7 nitrogen and oxygen atoms in total. The van der Waals surface area contributed by atoms with Gasteiger partial charge in [-0.1, -0.05) is 18.9 Å². The molecule has 1 atom stereocenters. The van der Waals surface area contributed by atoms with Gasteiger partial charge in [0.2, 0.25) is 17.7 Å². The Morgan fingerprint density at radius 3 is 2.55 bits per heavy atom. The maximum absolute atomic E-state index is 13.1. The molecule has 2 heterocycles. The zero-order chi connectivity index (χ0) is 22.0. The summed E-state index contributed by atoms with van der Waals surface area (Å²) in [6.07, 6.45) is 0.0547. The minimum absolute atomic E-state index is 0.0201. The van der Waals surface area contributed by atoms with Gasteiger partial charge in [0.05, 0.1) is 5.92 Å². The fraction of sp³-hybridized carbons (Fsp3) is 0.273. The molecular formula is C22H21FN4O3S. The highest BCUT2D eigenvalue weighted by Gasteiger charge is 2.35. The Bertz CT molecular complexity index is 1080. The molecule has 160 valence electrons. The maximum Gasteiger partial charge on any atom is 0.322 e. The van der Waals surface area contributed by atoms with E-state index in [1.54, 1.807) is 11.8 Å². The van der Waals surface area contributed by atoms with Crippen LogP contribution in [0.2, 0.25) is 0 Å². The van der Waals surface area contributed by atoms with Crippen molar-refractivity contribution in [1.82, 2.24) is 10.2 Å². The SMILES string of the molecule is CC(C)Sc1ccc(-c2nnc(NC(=O)C3CC(=O)N(c4ccc(F)cc4)C3)o2)cc1. The Morgan fingerprint density at radius 1 is 1.16 bits per heavy atom. The Morgan fingerprint density at radius 2 is 1.87 bits per heavy atom. The first-order valence-electron chi connectivity index (χ1n) is 9.86. The third-order valence-electron chi connectivity index (χ3n) is 4.76. The Hall–Kier alpha value is -3.20. The molecule has 1 aromatic heterocycles. The maximum atomic E-state index is 13.1. The summed E-state index contributed by atoms with van der Waals surface area (Å²) < 4.78 is 18.7. The molecule has 1 unspecified atom stereocenters. The van der Waals surface area contributed by atoms with Crippen LogP contribution in [0.15, 0.2) is 57.8 Å². The van der Waals surface area contributed by atoms with Gasteiger partial charge < -0.3 is 9.32 Å². The van der Waals surface area contributed by atoms with Crippen molar-refractivity contribution in [3.8, 4) is 11.5 Å². The molecule has 1 saturated heterocycles. The Kier molecular flexibility index (Phi) is 6.03. The molecule has 2 aromatic carbocycles. The summed E-state index contributed by atoms with van der Waals surface area (Å²) in [6.45, 7) is 4.46. The van der Waals surface area contributed by atoms with E-state index >= 15 is 0 Å². The number of nitrogens with one attached hydrogen (secondary N) is 1. The number of carbonyl (C=O) groups excluding carboxylic acids is 2. The number of thioether (sulfide) groups is 1. The normalized spacial score (nSPS) is 16.2. The monoisotopic (exact) mass is 440 g/mol. The molecule has 0 saturated carbocycles. The zero-order valence-corrected chi connectivity index (χ0v) is 17.9. The molecule has 1 N–H and O–H groups in total. The predicted octanol–water partition coefficient (Wildman–Crippen LogP) is 4.37. The van der Waals surface area contributed by atoms with E-state index in [1.807, 2.05) is 24.3 Å². The zero-order valence-electron chi connectivity index (χ0n) is 17.0. The Balaban J connectivity index is 1.39. The number of amides is 2. The average molecular weight is 441 g/mol. The summed E-state index contributed by atoms with van der Waals surface area (Å²) in [4.78, 5) is 27.5. The molecule has 1 aliphatic rings. The lowest BCUT2D eigenvalue weighted by atomic mass is 10.1. The summed E-state index contributed by atoms with van der Waals surface area (Å²) in [5, 5.41) is 11.0. The summed E-state index contributed by atoms with van der Waals surface area (Å²) in [5.74, 6) is -1.23. The van der Waals surface area contributed by atoms with Gasteiger partial charge in [-0.2, -0.15) is 0 Å². The first kappa shape index (κ1) is 21.0. The number of rotatable bonds is 6. The molecule has 3 aromatic rings. The summed E-state index contributed by atoms with van der Waals surface area (Å²) in [6, 6.07) is 13.3. The molecule has 1 fully saturated rings. The largest absolute Gasteiger partial charge is 0.403 e. The van der Waals surface area contributed by atoms with Gasteiger partial charge in [0.1, 0.15) is 5.82 Å². The second kappa shape index (κ2) is 8.89. The fourth-order valence-corrected chi connectivity index (χ4v) is 4.14. The molecule has 31 heavy (non-hydrogen) atoms. The van der Waals surface area contributed by atoms with E-state index in [-0.39, 0.29) is 36.6 Å². The van der Waals surface area contributed by atoms with Crippen LogP contribution in [0.3, 0.4) is 0 Å². The first-order valence-corrected chi connectivity index (χ1v) is 10.7. The molecule has 0 aliphatic carbocycles. The molecular weight excluding hydrogens is 419 g/mol. The van der Waals surface area contributed by atoms with E-state index in [0.29, 0.717) is 16.8 Å². The van der Waals surface area contributed by atoms with Crippen molar-refractivity contribution in [2.24, 2.45) is 5.92 Å². The lowest BCUT2D eigenvalue weighted by molar-refractivity contribution is -0.122. The van der Waals surface area contributed by atoms with Crippen LogP contribution in [0.4, 0.5) is 16.1 Å². The molecule has 9 heteroatoms. The van der Waals surface area contributed by atoms with E-state index in [2.05, 4.69) is 29.4 Å². The van der Waals surface area contributed by atoms with E-state index in [9.17, 15) is 14.0 Å². The number of halogens is 1. The van der Waals surface area contributed by atoms with E-state index in [1.165, 1.54) is 29.2 Å². The number of hydrogen-bond donors (Lipinski definition) is 1. The van der Waals surface area contributed by atoms with Gasteiger partial charge in [-0.05, 0) is 48.5 Å². The molecule has 2 amide bonds. The quantitative estimate of drug-likeness (QED) is 0.573. The minimum atomic E-state index is -0.569. The highest BCUT2D eigenvalue weighted by atomic mass is 32.2. The van der Waals surface area contributed by atoms with Crippen LogP contribution in [0.1, 0.15) is 20.3 Å². The van der Waals surface area contributed by atoms with Crippen LogP contribution in [-0.2, 0) is 9.59 Å². The standard InChI is InChI=1S/C22H21FN4O3S/c1-13(2)31-18-9-3-14(4-10-18)21-25-26-22(30-21)24-20(29)15-11-19(28)27(12-15)17-7-5-16(23)6-8-17/h3-10,13,15H,11-12H2,1-2H3,(H,24,26,29). The van der Waals surface area contributed by atoms with Crippen molar-refractivity contribution in [2.75, 3.05) is 16.8 Å². The number of aromatic nitrogens is 2. The third kappa shape index (κ3) is 4.93. The predicted molar refractivity (Wildman–Crippen MR) is 116 cm³/mol. The van der Waals surface area contributed by atoms with Crippen LogP contribution >= 0.6 is 11.8 Å². The van der Waals surface area contributed by atoms with Crippen molar-refractivity contribution >= 4 is 35.3 Å². The lowest BCUT2D eigenvalue weighted by Crippen LogP contribution is -2.28. The Labute approximate surface area is 183 Å². The number of carbonyl (C=O) groups is 2. The van der Waals surface area contributed by atoms with Crippen LogP contribution in [0, 0.1) is 11.7 Å². The number of benzene rings is 2. The lowest BCUT2D eigenvalue weighted by Gasteiger charge is -2.16. The number of anilines is 2. The molecule has 4 rings (SSSR count). The van der Waals surface area contributed by atoms with E-state index < -0.39 is 5.92 Å². The van der Waals surface area contributed by atoms with Gasteiger partial charge in [0.25, 0.3) is 0 Å². The summed E-state index contributed by atoms with van der Waals surface area (Å²) in [7, 11) is 0. The van der Waals surface area contributed by atoms with Crippen molar-refractivity contribution in [2.45, 2.75) is 30.4 Å². The van der Waals surface area contributed by atoms with Gasteiger partial charge >= 0.3 is 6.01 Å². The van der Waals surface area contributed by atoms with Gasteiger partial charge in [-0.3, -0.25) is 14.9 Å². The highest BCUT2D eigenvalue weighted by molar-refractivity contribution is 7.99. The van der Waals surface area contributed by atoms with Crippen LogP contribution in [0.5, 0.6) is 0 Å². The van der Waals surface area contributed by atoms with Crippen LogP contribution in [0.25, 0.3) is 11.5 Å². The first-order chi connectivity index (χ1) is 14.9. The van der Waals surface area contributed by atoms with E-state index in [0.717, 1.165) is 10.5 Å². The second-order valence-electron chi connectivity index (χ2n) is 7.47. The summed E-state index contributed by atoms with van der Waals surface area (Å²) in [5.41, 5.74) is 1.31. The number of hydrogen-bond acceptors (Lipinski definition) is 6. The van der Waals surface area contributed by atoms with Gasteiger partial charge in [-0.25, -0.2) is 4.39 Å². The van der Waals surface area contributed by atoms with Crippen molar-refractivity contribution in [1.29, 1.82) is 0 Å². The van der Waals surface area contributed by atoms with E-state index in [4.69, 9.17) is 4.42 Å². The third-order valence-corrected chi connectivity index (χ3v) is 5.78. The highest BCUT2D eigenvalue weighted by Crippen LogP contribution is 2.28. The topological polar surface area (TPSA) is 88.3 Å². The molecule has 0 spiro atoms. The van der Waals surface area contributed by atoms with Gasteiger partial charge in [0, 0.05) is 34.4 Å². The molecule has 1 aliphatic heterocycles.